The zero-order chi connectivity index (χ0) is 15.6. The van der Waals surface area contributed by atoms with Gasteiger partial charge in [0.2, 0.25) is 5.89 Å². The van der Waals surface area contributed by atoms with E-state index in [1.54, 1.807) is 7.11 Å². The number of fused-ring (bicyclic) bond motifs is 1. The lowest BCUT2D eigenvalue weighted by atomic mass is 10.1. The van der Waals surface area contributed by atoms with Crippen molar-refractivity contribution in [2.75, 3.05) is 25.6 Å². The molecule has 7 heteroatoms. The van der Waals surface area contributed by atoms with E-state index in [0.717, 1.165) is 29.4 Å². The SMILES string of the molecule is COCCNc1nnc(-c2nnc(C3CC3)o2)c2ccccc12. The first kappa shape index (κ1) is 14.1. The summed E-state index contributed by atoms with van der Waals surface area (Å²) in [4.78, 5) is 0. The molecule has 4 rings (SSSR count). The number of rotatable bonds is 6. The molecule has 7 nitrogen and oxygen atoms in total. The fraction of sp³-hybridized carbons (Fsp3) is 0.375. The van der Waals surface area contributed by atoms with Crippen molar-refractivity contribution in [3.63, 3.8) is 0 Å². The van der Waals surface area contributed by atoms with Crippen molar-refractivity contribution in [3.8, 4) is 11.6 Å². The van der Waals surface area contributed by atoms with Crippen LogP contribution in [0.3, 0.4) is 0 Å². The molecule has 118 valence electrons. The van der Waals surface area contributed by atoms with Gasteiger partial charge in [0.15, 0.2) is 11.5 Å². The molecule has 1 aliphatic rings. The molecule has 0 bridgehead atoms. The van der Waals surface area contributed by atoms with Gasteiger partial charge in [-0.2, -0.15) is 0 Å². The van der Waals surface area contributed by atoms with Crippen LogP contribution in [0.2, 0.25) is 0 Å². The van der Waals surface area contributed by atoms with Gasteiger partial charge in [0.05, 0.1) is 6.61 Å². The number of aromatic nitrogens is 4. The number of anilines is 1. The van der Waals surface area contributed by atoms with E-state index in [2.05, 4.69) is 25.7 Å². The van der Waals surface area contributed by atoms with Crippen LogP contribution in [0.15, 0.2) is 28.7 Å². The summed E-state index contributed by atoms with van der Waals surface area (Å²) in [6.07, 6.45) is 2.24. The van der Waals surface area contributed by atoms with Crippen molar-refractivity contribution < 1.29 is 9.15 Å². The second kappa shape index (κ2) is 5.92. The average Bonchev–Trinajstić information content (AvgIpc) is 3.33. The Hall–Kier alpha value is -2.54. The predicted molar refractivity (Wildman–Crippen MR) is 85.2 cm³/mol. The quantitative estimate of drug-likeness (QED) is 0.700. The van der Waals surface area contributed by atoms with Gasteiger partial charge in [-0.1, -0.05) is 24.3 Å². The topological polar surface area (TPSA) is 86.0 Å². The highest BCUT2D eigenvalue weighted by atomic mass is 16.5. The number of nitrogens with zero attached hydrogens (tertiary/aromatic N) is 4. The predicted octanol–water partition coefficient (Wildman–Crippen LogP) is 2.62. The second-order valence-corrected chi connectivity index (χ2v) is 5.58. The zero-order valence-electron chi connectivity index (χ0n) is 12.8. The standard InChI is InChI=1S/C16H17N5O2/c1-22-9-8-17-14-12-5-3-2-4-11(12)13(18-19-14)16-21-20-15(23-16)10-6-7-10/h2-5,10H,6-9H2,1H3,(H,17,19). The largest absolute Gasteiger partial charge is 0.419 e. The van der Waals surface area contributed by atoms with E-state index in [-0.39, 0.29) is 0 Å². The third-order valence-electron chi connectivity index (χ3n) is 3.86. The van der Waals surface area contributed by atoms with Gasteiger partial charge < -0.3 is 14.5 Å². The molecule has 3 aromatic rings. The van der Waals surface area contributed by atoms with Crippen LogP contribution in [0.25, 0.3) is 22.4 Å². The average molecular weight is 311 g/mol. The van der Waals surface area contributed by atoms with Crippen LogP contribution in [-0.4, -0.2) is 40.7 Å². The summed E-state index contributed by atoms with van der Waals surface area (Å²) in [5.74, 6) is 2.28. The second-order valence-electron chi connectivity index (χ2n) is 5.58. The van der Waals surface area contributed by atoms with Crippen molar-refractivity contribution >= 4 is 16.6 Å². The van der Waals surface area contributed by atoms with Gasteiger partial charge in [0, 0.05) is 30.3 Å². The summed E-state index contributed by atoms with van der Waals surface area (Å²) >= 11 is 0. The summed E-state index contributed by atoms with van der Waals surface area (Å²) in [5.41, 5.74) is 0.622. The van der Waals surface area contributed by atoms with E-state index in [0.29, 0.717) is 36.5 Å². The zero-order valence-corrected chi connectivity index (χ0v) is 12.8. The molecule has 1 aliphatic carbocycles. The van der Waals surface area contributed by atoms with E-state index in [4.69, 9.17) is 9.15 Å². The van der Waals surface area contributed by atoms with Crippen molar-refractivity contribution in [1.29, 1.82) is 0 Å². The molecule has 1 N–H and O–H groups in total. The fourth-order valence-corrected chi connectivity index (χ4v) is 2.49. The first-order chi connectivity index (χ1) is 11.4. The molecule has 0 radical (unpaired) electrons. The molecule has 2 aromatic heterocycles. The van der Waals surface area contributed by atoms with E-state index >= 15 is 0 Å². The molecule has 1 saturated carbocycles. The summed E-state index contributed by atoms with van der Waals surface area (Å²) < 4.78 is 10.8. The van der Waals surface area contributed by atoms with Crippen molar-refractivity contribution in [1.82, 2.24) is 20.4 Å². The monoisotopic (exact) mass is 311 g/mol. The Labute approximate surface area is 133 Å². The lowest BCUT2D eigenvalue weighted by Gasteiger charge is -2.09. The molecule has 2 heterocycles. The lowest BCUT2D eigenvalue weighted by Crippen LogP contribution is -2.10. The van der Waals surface area contributed by atoms with Crippen molar-refractivity contribution in [2.24, 2.45) is 0 Å². The van der Waals surface area contributed by atoms with Crippen molar-refractivity contribution in [2.45, 2.75) is 18.8 Å². The molecular formula is C16H17N5O2. The summed E-state index contributed by atoms with van der Waals surface area (Å²) in [6.45, 7) is 1.27. The fourth-order valence-electron chi connectivity index (χ4n) is 2.49. The Morgan fingerprint density at radius 1 is 1.13 bits per heavy atom. The molecule has 1 fully saturated rings. The van der Waals surface area contributed by atoms with Gasteiger partial charge in [-0.15, -0.1) is 20.4 Å². The Morgan fingerprint density at radius 3 is 2.74 bits per heavy atom. The third kappa shape index (κ3) is 2.75. The maximum Gasteiger partial charge on any atom is 0.268 e. The van der Waals surface area contributed by atoms with Crippen LogP contribution < -0.4 is 5.32 Å². The number of hydrogen-bond donors (Lipinski definition) is 1. The minimum atomic E-state index is 0.422. The molecular weight excluding hydrogens is 294 g/mol. The maximum absolute atomic E-state index is 5.78. The summed E-state index contributed by atoms with van der Waals surface area (Å²) in [6, 6.07) is 7.92. The minimum absolute atomic E-state index is 0.422. The molecule has 0 amide bonds. The Balaban J connectivity index is 1.73. The molecule has 1 aromatic carbocycles. The van der Waals surface area contributed by atoms with Crippen molar-refractivity contribution in [3.05, 3.63) is 30.2 Å². The van der Waals surface area contributed by atoms with Gasteiger partial charge in [-0.3, -0.25) is 0 Å². The number of hydrogen-bond acceptors (Lipinski definition) is 7. The minimum Gasteiger partial charge on any atom is -0.419 e. The van der Waals surface area contributed by atoms with Crippen LogP contribution >= 0.6 is 0 Å². The normalized spacial score (nSPS) is 14.3. The highest BCUT2D eigenvalue weighted by Crippen LogP contribution is 2.40. The summed E-state index contributed by atoms with van der Waals surface area (Å²) in [5, 5.41) is 22.0. The van der Waals surface area contributed by atoms with Crippen LogP contribution in [0.4, 0.5) is 5.82 Å². The van der Waals surface area contributed by atoms with Gasteiger partial charge >= 0.3 is 0 Å². The molecule has 0 aliphatic heterocycles. The van der Waals surface area contributed by atoms with Gasteiger partial charge in [0.25, 0.3) is 5.89 Å². The maximum atomic E-state index is 5.78. The molecule has 0 saturated heterocycles. The number of nitrogens with one attached hydrogen (secondary N) is 1. The van der Waals surface area contributed by atoms with Gasteiger partial charge in [0.1, 0.15) is 0 Å². The van der Waals surface area contributed by atoms with Gasteiger partial charge in [-0.05, 0) is 12.8 Å². The van der Waals surface area contributed by atoms with E-state index in [1.165, 1.54) is 0 Å². The van der Waals surface area contributed by atoms with E-state index < -0.39 is 0 Å². The summed E-state index contributed by atoms with van der Waals surface area (Å²) in [7, 11) is 1.67. The first-order valence-corrected chi connectivity index (χ1v) is 7.69. The number of benzene rings is 1. The first-order valence-electron chi connectivity index (χ1n) is 7.69. The molecule has 0 spiro atoms. The highest BCUT2D eigenvalue weighted by molar-refractivity contribution is 5.98. The molecule has 0 atom stereocenters. The van der Waals surface area contributed by atoms with Crippen LogP contribution in [0.5, 0.6) is 0 Å². The van der Waals surface area contributed by atoms with Crippen LogP contribution in [-0.2, 0) is 4.74 Å². The van der Waals surface area contributed by atoms with Crippen LogP contribution in [0.1, 0.15) is 24.7 Å². The van der Waals surface area contributed by atoms with E-state index in [9.17, 15) is 0 Å². The third-order valence-corrected chi connectivity index (χ3v) is 3.86. The van der Waals surface area contributed by atoms with E-state index in [1.807, 2.05) is 24.3 Å². The Morgan fingerprint density at radius 2 is 1.96 bits per heavy atom. The highest BCUT2D eigenvalue weighted by Gasteiger charge is 2.30. The van der Waals surface area contributed by atoms with Gasteiger partial charge in [-0.25, -0.2) is 0 Å². The Kier molecular flexibility index (Phi) is 3.63. The molecule has 23 heavy (non-hydrogen) atoms. The smallest absolute Gasteiger partial charge is 0.268 e. The van der Waals surface area contributed by atoms with Crippen LogP contribution in [0, 0.1) is 0 Å². The Bertz CT molecular complexity index is 828. The molecule has 0 unspecified atom stereocenters. The lowest BCUT2D eigenvalue weighted by molar-refractivity contribution is 0.210. The number of ether oxygens (including phenoxy) is 1. The number of methoxy groups -OCH3 is 1.